The first kappa shape index (κ1) is 9.58. The largest absolute Gasteiger partial charge is 0.478 e. The number of halogens is 2. The van der Waals surface area contributed by atoms with Gasteiger partial charge in [-0.1, -0.05) is 6.07 Å². The molecular weight excluding hydrogens is 202 g/mol. The molecule has 2 nitrogen and oxygen atoms in total. The van der Waals surface area contributed by atoms with E-state index in [1.807, 2.05) is 0 Å². The highest BCUT2D eigenvalue weighted by Gasteiger charge is 2.07. The van der Waals surface area contributed by atoms with Crippen molar-refractivity contribution in [1.29, 1.82) is 0 Å². The molecule has 0 spiro atoms. The summed E-state index contributed by atoms with van der Waals surface area (Å²) >= 11 is 0. The zero-order chi connectivity index (χ0) is 11.0. The molecule has 0 aliphatic carbocycles. The van der Waals surface area contributed by atoms with Crippen LogP contribution in [0.3, 0.4) is 0 Å². The zero-order valence-electron chi connectivity index (χ0n) is 7.50. The molecule has 2 rings (SSSR count). The Labute approximate surface area is 83.8 Å². The second-order valence-electron chi connectivity index (χ2n) is 3.13. The first-order valence-electron chi connectivity index (χ1n) is 4.20. The van der Waals surface area contributed by atoms with Crippen LogP contribution >= 0.6 is 0 Å². The van der Waals surface area contributed by atoms with Crippen molar-refractivity contribution in [2.75, 3.05) is 0 Å². The zero-order valence-corrected chi connectivity index (χ0v) is 7.50. The van der Waals surface area contributed by atoms with Gasteiger partial charge in [-0.2, -0.15) is 0 Å². The summed E-state index contributed by atoms with van der Waals surface area (Å²) in [5.41, 5.74) is 0.00694. The number of hydrogen-bond donors (Lipinski definition) is 1. The second kappa shape index (κ2) is 3.31. The van der Waals surface area contributed by atoms with E-state index >= 15 is 0 Å². The van der Waals surface area contributed by atoms with Crippen LogP contribution in [0, 0.1) is 11.6 Å². The van der Waals surface area contributed by atoms with Gasteiger partial charge in [0.2, 0.25) is 0 Å². The van der Waals surface area contributed by atoms with E-state index in [4.69, 9.17) is 5.11 Å². The molecule has 0 radical (unpaired) electrons. The van der Waals surface area contributed by atoms with E-state index in [2.05, 4.69) is 0 Å². The molecule has 2 aromatic carbocycles. The molecule has 0 aliphatic rings. The molecule has 0 bridgehead atoms. The first-order chi connectivity index (χ1) is 7.08. The van der Waals surface area contributed by atoms with E-state index in [-0.39, 0.29) is 16.3 Å². The third kappa shape index (κ3) is 1.66. The maximum absolute atomic E-state index is 13.2. The molecule has 2 aromatic rings. The minimum absolute atomic E-state index is 0.00694. The van der Waals surface area contributed by atoms with Crippen molar-refractivity contribution < 1.29 is 18.7 Å². The van der Waals surface area contributed by atoms with E-state index in [9.17, 15) is 13.6 Å². The van der Waals surface area contributed by atoms with Crippen molar-refractivity contribution in [1.82, 2.24) is 0 Å². The van der Waals surface area contributed by atoms with Gasteiger partial charge in [0, 0.05) is 11.5 Å². The van der Waals surface area contributed by atoms with E-state index in [0.29, 0.717) is 0 Å². The maximum Gasteiger partial charge on any atom is 0.335 e. The molecule has 0 heterocycles. The molecule has 4 heteroatoms. The van der Waals surface area contributed by atoms with E-state index in [0.717, 1.165) is 12.1 Å². The number of fused-ring (bicyclic) bond motifs is 1. The van der Waals surface area contributed by atoms with Crippen LogP contribution < -0.4 is 0 Å². The van der Waals surface area contributed by atoms with Gasteiger partial charge in [0.1, 0.15) is 11.6 Å². The van der Waals surface area contributed by atoms with Crippen LogP contribution in [0.2, 0.25) is 0 Å². The Morgan fingerprint density at radius 1 is 1.13 bits per heavy atom. The molecule has 0 atom stereocenters. The van der Waals surface area contributed by atoms with Crippen LogP contribution in [0.5, 0.6) is 0 Å². The van der Waals surface area contributed by atoms with E-state index in [1.54, 1.807) is 0 Å². The predicted molar refractivity (Wildman–Crippen MR) is 50.8 cm³/mol. The van der Waals surface area contributed by atoms with Crippen molar-refractivity contribution >= 4 is 16.7 Å². The van der Waals surface area contributed by atoms with Crippen LogP contribution in [-0.2, 0) is 0 Å². The summed E-state index contributed by atoms with van der Waals surface area (Å²) in [5, 5.41) is 9.15. The smallest absolute Gasteiger partial charge is 0.335 e. The molecule has 15 heavy (non-hydrogen) atoms. The average molecular weight is 208 g/mol. The van der Waals surface area contributed by atoms with Crippen molar-refractivity contribution in [2.45, 2.75) is 0 Å². The second-order valence-corrected chi connectivity index (χ2v) is 3.13. The lowest BCUT2D eigenvalue weighted by atomic mass is 10.1. The van der Waals surface area contributed by atoms with Gasteiger partial charge in [0.25, 0.3) is 0 Å². The van der Waals surface area contributed by atoms with Crippen molar-refractivity contribution in [2.24, 2.45) is 0 Å². The van der Waals surface area contributed by atoms with Crippen molar-refractivity contribution in [3.05, 3.63) is 47.5 Å². The van der Waals surface area contributed by atoms with E-state index in [1.165, 1.54) is 18.2 Å². The lowest BCUT2D eigenvalue weighted by molar-refractivity contribution is 0.0697. The molecule has 0 fully saturated rings. The summed E-state index contributed by atoms with van der Waals surface area (Å²) in [4.78, 5) is 10.6. The van der Waals surface area contributed by atoms with Gasteiger partial charge in [0.15, 0.2) is 0 Å². The third-order valence-electron chi connectivity index (χ3n) is 2.11. The van der Waals surface area contributed by atoms with Gasteiger partial charge in [-0.15, -0.1) is 0 Å². The Bertz CT molecular complexity index is 550. The van der Waals surface area contributed by atoms with Gasteiger partial charge in [0.05, 0.1) is 5.56 Å². The highest BCUT2D eigenvalue weighted by Crippen LogP contribution is 2.20. The Morgan fingerprint density at radius 2 is 1.87 bits per heavy atom. The molecule has 1 N–H and O–H groups in total. The number of rotatable bonds is 1. The highest BCUT2D eigenvalue weighted by atomic mass is 19.1. The number of aromatic carboxylic acids is 1. The van der Waals surface area contributed by atoms with Gasteiger partial charge < -0.3 is 5.11 Å². The molecule has 0 saturated carbocycles. The average Bonchev–Trinajstić information content (AvgIpc) is 2.16. The Balaban J connectivity index is 2.76. The standard InChI is InChI=1S/C11H6F2O2/c12-8-4-7-3-6(11(14)15)1-2-9(7)10(13)5-8/h1-5H,(H,14,15). The van der Waals surface area contributed by atoms with Crippen LogP contribution in [-0.4, -0.2) is 11.1 Å². The summed E-state index contributed by atoms with van der Waals surface area (Å²) in [6, 6.07) is 5.72. The highest BCUT2D eigenvalue weighted by molar-refractivity contribution is 5.94. The minimum Gasteiger partial charge on any atom is -0.478 e. The fraction of sp³-hybridized carbons (Fsp3) is 0. The monoisotopic (exact) mass is 208 g/mol. The van der Waals surface area contributed by atoms with Gasteiger partial charge in [-0.05, 0) is 23.6 Å². The normalized spacial score (nSPS) is 10.5. The van der Waals surface area contributed by atoms with Crippen LogP contribution in [0.1, 0.15) is 10.4 Å². The summed E-state index contributed by atoms with van der Waals surface area (Å²) in [5.74, 6) is -2.54. The molecule has 0 amide bonds. The van der Waals surface area contributed by atoms with E-state index < -0.39 is 17.6 Å². The lowest BCUT2D eigenvalue weighted by Crippen LogP contribution is -1.96. The summed E-state index contributed by atoms with van der Waals surface area (Å²) in [7, 11) is 0. The Morgan fingerprint density at radius 3 is 2.53 bits per heavy atom. The van der Waals surface area contributed by atoms with Gasteiger partial charge >= 0.3 is 5.97 Å². The molecule has 0 aromatic heterocycles. The minimum atomic E-state index is -1.12. The molecule has 76 valence electrons. The predicted octanol–water partition coefficient (Wildman–Crippen LogP) is 2.82. The number of benzene rings is 2. The molecule has 0 saturated heterocycles. The number of carboxylic acid groups (broad SMARTS) is 1. The third-order valence-corrected chi connectivity index (χ3v) is 2.11. The fourth-order valence-corrected chi connectivity index (χ4v) is 1.42. The summed E-state index contributed by atoms with van der Waals surface area (Å²) < 4.78 is 26.0. The number of carboxylic acids is 1. The van der Waals surface area contributed by atoms with Crippen LogP contribution in [0.15, 0.2) is 30.3 Å². The lowest BCUT2D eigenvalue weighted by Gasteiger charge is -2.01. The Kier molecular flexibility index (Phi) is 2.11. The molecular formula is C11H6F2O2. The number of carbonyl (C=O) groups is 1. The topological polar surface area (TPSA) is 37.3 Å². The molecule has 0 aliphatic heterocycles. The maximum atomic E-state index is 13.2. The molecule has 0 unspecified atom stereocenters. The quantitative estimate of drug-likeness (QED) is 0.782. The SMILES string of the molecule is O=C(O)c1ccc2c(F)cc(F)cc2c1. The number of hydrogen-bond acceptors (Lipinski definition) is 1. The first-order valence-corrected chi connectivity index (χ1v) is 4.20. The van der Waals surface area contributed by atoms with Crippen LogP contribution in [0.4, 0.5) is 8.78 Å². The van der Waals surface area contributed by atoms with Gasteiger partial charge in [-0.25, -0.2) is 13.6 Å². The van der Waals surface area contributed by atoms with Crippen LogP contribution in [0.25, 0.3) is 10.8 Å². The summed E-state index contributed by atoms with van der Waals surface area (Å²) in [6.45, 7) is 0. The van der Waals surface area contributed by atoms with Gasteiger partial charge in [-0.3, -0.25) is 0 Å². The summed E-state index contributed by atoms with van der Waals surface area (Å²) in [6.07, 6.45) is 0. The van der Waals surface area contributed by atoms with Crippen molar-refractivity contribution in [3.63, 3.8) is 0 Å². The Hall–Kier alpha value is -1.97. The fourth-order valence-electron chi connectivity index (χ4n) is 1.42. The van der Waals surface area contributed by atoms with Crippen molar-refractivity contribution in [3.8, 4) is 0 Å².